The highest BCUT2D eigenvalue weighted by Crippen LogP contribution is 2.74. The molecule has 0 unspecified atom stereocenters. The number of carbonyl (C=O) groups excluding carboxylic acids is 3. The van der Waals surface area contributed by atoms with Gasteiger partial charge in [0.25, 0.3) is 11.8 Å². The monoisotopic (exact) mass is 482 g/mol. The Hall–Kier alpha value is -2.20. The molecule has 0 N–H and O–H groups in total. The van der Waals surface area contributed by atoms with Gasteiger partial charge in [0.2, 0.25) is 0 Å². The third kappa shape index (κ3) is 3.08. The second-order valence-corrected chi connectivity index (χ2v) is 12.4. The van der Waals surface area contributed by atoms with Gasteiger partial charge in [0.05, 0.1) is 43.5 Å². The van der Waals surface area contributed by atoms with Crippen LogP contribution in [0.2, 0.25) is 0 Å². The number of nitrogens with zero attached hydrogens (tertiary/aromatic N) is 2. The van der Waals surface area contributed by atoms with E-state index in [2.05, 4.69) is 33.8 Å². The van der Waals surface area contributed by atoms with E-state index in [4.69, 9.17) is 14.8 Å². The van der Waals surface area contributed by atoms with Gasteiger partial charge in [-0.3, -0.25) is 19.2 Å². The smallest absolute Gasteiger partial charge is 0.311 e. The van der Waals surface area contributed by atoms with Crippen molar-refractivity contribution >= 4 is 17.8 Å². The largest absolute Gasteiger partial charge is 0.469 e. The molecule has 2 amide bonds. The highest BCUT2D eigenvalue weighted by atomic mass is 16.7. The fourth-order valence-corrected chi connectivity index (χ4v) is 9.46. The first kappa shape index (κ1) is 24.5. The fraction of sp³-hybridized carbons (Fsp3) is 0.786. The molecule has 190 valence electrons. The van der Waals surface area contributed by atoms with Crippen LogP contribution >= 0.6 is 0 Å². The lowest BCUT2D eigenvalue weighted by Gasteiger charge is -2.68. The number of hydrogen-bond acceptors (Lipinski definition) is 6. The Bertz CT molecular complexity index is 1030. The zero-order valence-corrected chi connectivity index (χ0v) is 21.6. The molecule has 5 aliphatic carbocycles. The summed E-state index contributed by atoms with van der Waals surface area (Å²) in [7, 11) is 1.48. The molecule has 0 radical (unpaired) electrons. The number of esters is 1. The van der Waals surface area contributed by atoms with E-state index in [1.807, 2.05) is 6.07 Å². The molecule has 4 fully saturated rings. The molecule has 0 aromatic rings. The topological polar surface area (TPSA) is 96.7 Å². The summed E-state index contributed by atoms with van der Waals surface area (Å²) in [6.45, 7) is 8.81. The minimum absolute atomic E-state index is 0.00905. The van der Waals surface area contributed by atoms with Crippen molar-refractivity contribution in [3.63, 3.8) is 0 Å². The molecule has 1 saturated heterocycles. The fourth-order valence-electron chi connectivity index (χ4n) is 9.46. The summed E-state index contributed by atoms with van der Waals surface area (Å²) in [5.41, 5.74) is 0.265. The van der Waals surface area contributed by atoms with Crippen LogP contribution in [0.5, 0.6) is 0 Å². The number of fused-ring (bicyclic) bond motifs is 1. The first-order valence-electron chi connectivity index (χ1n) is 13.3. The third-order valence-electron chi connectivity index (χ3n) is 10.7. The number of rotatable bonds is 5. The minimum atomic E-state index is -0.522. The lowest BCUT2D eigenvalue weighted by atomic mass is 9.34. The van der Waals surface area contributed by atoms with Crippen LogP contribution in [-0.2, 0) is 24.0 Å². The van der Waals surface area contributed by atoms with E-state index < -0.39 is 16.7 Å². The summed E-state index contributed by atoms with van der Waals surface area (Å²) in [5.74, 6) is -0.680. The van der Waals surface area contributed by atoms with Crippen molar-refractivity contribution in [3.8, 4) is 6.07 Å². The van der Waals surface area contributed by atoms with E-state index in [1.165, 1.54) is 12.7 Å². The maximum atomic E-state index is 13.8. The van der Waals surface area contributed by atoms with Gasteiger partial charge in [-0.15, -0.1) is 0 Å². The van der Waals surface area contributed by atoms with E-state index in [0.717, 1.165) is 43.6 Å². The Morgan fingerprint density at radius 1 is 1.20 bits per heavy atom. The van der Waals surface area contributed by atoms with Gasteiger partial charge in [0.1, 0.15) is 0 Å². The third-order valence-corrected chi connectivity index (χ3v) is 10.7. The van der Waals surface area contributed by atoms with E-state index in [1.54, 1.807) is 0 Å². The van der Waals surface area contributed by atoms with Crippen LogP contribution in [-0.4, -0.2) is 36.6 Å². The van der Waals surface area contributed by atoms with Crippen LogP contribution in [0.15, 0.2) is 11.6 Å². The van der Waals surface area contributed by atoms with Crippen molar-refractivity contribution in [1.29, 1.82) is 5.26 Å². The van der Waals surface area contributed by atoms with Gasteiger partial charge in [-0.2, -0.15) is 10.3 Å². The average Bonchev–Trinajstić information content (AvgIpc) is 3.09. The van der Waals surface area contributed by atoms with E-state index in [-0.39, 0.29) is 59.9 Å². The highest BCUT2D eigenvalue weighted by molar-refractivity contribution is 6.05. The zero-order chi connectivity index (χ0) is 25.3. The molecule has 7 nitrogen and oxygen atoms in total. The molecule has 1 heterocycles. The van der Waals surface area contributed by atoms with Crippen molar-refractivity contribution in [3.05, 3.63) is 11.6 Å². The van der Waals surface area contributed by atoms with Gasteiger partial charge in [-0.05, 0) is 68.1 Å². The van der Waals surface area contributed by atoms with Crippen molar-refractivity contribution in [2.24, 2.45) is 51.8 Å². The summed E-state index contributed by atoms with van der Waals surface area (Å²) < 4.78 is 5.30. The predicted molar refractivity (Wildman–Crippen MR) is 127 cm³/mol. The summed E-state index contributed by atoms with van der Waals surface area (Å²) in [6, 6.07) is 2.02. The SMILES string of the molecule is COC(=O)[C@]1(C)CCC[C@]2(C)[C@H]3C[C@H]4C(C(C)C)=C[C@]3(CC[C@H]21)[C@@H]1C(=O)N(OCCC#N)C(=O)[C@@H]14. The van der Waals surface area contributed by atoms with Gasteiger partial charge in [-0.1, -0.05) is 38.8 Å². The quantitative estimate of drug-likeness (QED) is 0.249. The first-order chi connectivity index (χ1) is 16.6. The molecule has 35 heavy (non-hydrogen) atoms. The molecule has 3 saturated carbocycles. The second-order valence-electron chi connectivity index (χ2n) is 12.4. The highest BCUT2D eigenvalue weighted by Gasteiger charge is 2.73. The zero-order valence-electron chi connectivity index (χ0n) is 21.6. The van der Waals surface area contributed by atoms with E-state index >= 15 is 0 Å². The molecule has 0 aromatic heterocycles. The van der Waals surface area contributed by atoms with Gasteiger partial charge in [0, 0.05) is 5.41 Å². The molecule has 6 rings (SSSR count). The molecule has 0 aromatic carbocycles. The first-order valence-corrected chi connectivity index (χ1v) is 13.3. The Morgan fingerprint density at radius 2 is 1.94 bits per heavy atom. The Morgan fingerprint density at radius 3 is 2.60 bits per heavy atom. The number of nitriles is 1. The summed E-state index contributed by atoms with van der Waals surface area (Å²) in [4.78, 5) is 46.0. The predicted octanol–water partition coefficient (Wildman–Crippen LogP) is 4.43. The summed E-state index contributed by atoms with van der Waals surface area (Å²) >= 11 is 0. The number of imide groups is 1. The normalized spacial score (nSPS) is 43.9. The van der Waals surface area contributed by atoms with Crippen molar-refractivity contribution < 1.29 is 24.0 Å². The summed E-state index contributed by atoms with van der Waals surface area (Å²) in [6.07, 6.45) is 7.85. The number of amides is 2. The minimum Gasteiger partial charge on any atom is -0.469 e. The summed E-state index contributed by atoms with van der Waals surface area (Å²) in [5, 5.41) is 9.89. The molecule has 6 aliphatic rings. The van der Waals surface area contributed by atoms with E-state index in [9.17, 15) is 14.4 Å². The second kappa shape index (κ2) is 8.16. The molecule has 7 heteroatoms. The van der Waals surface area contributed by atoms with Gasteiger partial charge in [-0.25, -0.2) is 0 Å². The number of methoxy groups -OCH3 is 1. The van der Waals surface area contributed by atoms with Gasteiger partial charge < -0.3 is 4.74 Å². The van der Waals surface area contributed by atoms with Crippen molar-refractivity contribution in [1.82, 2.24) is 5.06 Å². The number of hydrogen-bond donors (Lipinski definition) is 0. The van der Waals surface area contributed by atoms with Crippen LogP contribution in [0.1, 0.15) is 72.6 Å². The van der Waals surface area contributed by atoms with E-state index in [0.29, 0.717) is 5.92 Å². The number of hydroxylamine groups is 2. The standard InChI is InChI=1S/C28H38N2O5/c1-16(2)18-15-28-11-8-19-26(3,9-6-10-27(19,4)25(33)34-5)20(28)14-17(18)21-22(28)24(32)30(23(21)31)35-13-7-12-29/h15-17,19-22H,6-11,13-14H2,1-5H3/t17-,19+,20+,21+,22-,26-,27+,28-/m0/s1. The molecule has 1 aliphatic heterocycles. The number of ether oxygens (including phenoxy) is 1. The molecular formula is C28H38N2O5. The molecular weight excluding hydrogens is 444 g/mol. The van der Waals surface area contributed by atoms with Crippen LogP contribution in [0.3, 0.4) is 0 Å². The lowest BCUT2D eigenvalue weighted by Crippen LogP contribution is -2.65. The Labute approximate surface area is 208 Å². The number of allylic oxidation sites excluding steroid dienone is 2. The maximum absolute atomic E-state index is 13.8. The van der Waals surface area contributed by atoms with Gasteiger partial charge >= 0.3 is 5.97 Å². The Balaban J connectivity index is 1.59. The van der Waals surface area contributed by atoms with Crippen LogP contribution in [0, 0.1) is 63.1 Å². The molecule has 8 atom stereocenters. The van der Waals surface area contributed by atoms with Crippen molar-refractivity contribution in [2.45, 2.75) is 72.6 Å². The van der Waals surface area contributed by atoms with Crippen LogP contribution in [0.25, 0.3) is 0 Å². The maximum Gasteiger partial charge on any atom is 0.311 e. The van der Waals surface area contributed by atoms with Crippen LogP contribution in [0.4, 0.5) is 0 Å². The average molecular weight is 483 g/mol. The lowest BCUT2D eigenvalue weighted by molar-refractivity contribution is -0.199. The molecule has 1 spiro atoms. The van der Waals surface area contributed by atoms with Crippen LogP contribution < -0.4 is 0 Å². The molecule has 2 bridgehead atoms. The van der Waals surface area contributed by atoms with Gasteiger partial charge in [0.15, 0.2) is 0 Å². The Kier molecular flexibility index (Phi) is 5.71. The number of carbonyl (C=O) groups is 3. The van der Waals surface area contributed by atoms with Crippen molar-refractivity contribution in [2.75, 3.05) is 13.7 Å².